The molecule has 0 atom stereocenters. The highest BCUT2D eigenvalue weighted by molar-refractivity contribution is 5.95. The highest BCUT2D eigenvalue weighted by Gasteiger charge is 2.43. The summed E-state index contributed by atoms with van der Waals surface area (Å²) in [5.74, 6) is -2.01. The number of rotatable bonds is 4. The van der Waals surface area contributed by atoms with Crippen LogP contribution in [0.15, 0.2) is 45.6 Å². The lowest BCUT2D eigenvalue weighted by molar-refractivity contribution is -0.132. The summed E-state index contributed by atoms with van der Waals surface area (Å²) in [6.45, 7) is 5.08. The quantitative estimate of drug-likeness (QED) is 0.491. The normalized spacial score (nSPS) is 17.0. The first-order chi connectivity index (χ1) is 17.7. The number of nitrogens with zero attached hydrogens (tertiary/aromatic N) is 2. The number of carbonyl (C=O) groups excluding carboxylic acids is 2. The highest BCUT2D eigenvalue weighted by Crippen LogP contribution is 2.41. The molecule has 3 heterocycles. The lowest BCUT2D eigenvalue weighted by atomic mass is 9.77. The van der Waals surface area contributed by atoms with E-state index in [4.69, 9.17) is 9.15 Å². The van der Waals surface area contributed by atoms with Gasteiger partial charge in [-0.25, -0.2) is 13.6 Å². The third kappa shape index (κ3) is 4.82. The summed E-state index contributed by atoms with van der Waals surface area (Å²) in [5.41, 5.74) is 0.371. The molecule has 2 aromatic carbocycles. The topological polar surface area (TPSA) is 80.1 Å². The van der Waals surface area contributed by atoms with Crippen LogP contribution in [-0.2, 0) is 4.79 Å². The average Bonchev–Trinajstić information content (AvgIpc) is 3.28. The number of benzene rings is 2. The predicted octanol–water partition coefficient (Wildman–Crippen LogP) is 4.22. The van der Waals surface area contributed by atoms with Gasteiger partial charge < -0.3 is 19.0 Å². The van der Waals surface area contributed by atoms with Crippen molar-refractivity contribution < 1.29 is 27.5 Å². The van der Waals surface area contributed by atoms with E-state index in [1.54, 1.807) is 23.1 Å². The minimum absolute atomic E-state index is 0.125. The van der Waals surface area contributed by atoms with Crippen molar-refractivity contribution >= 4 is 22.8 Å². The second-order valence-electron chi connectivity index (χ2n) is 10.1. The van der Waals surface area contributed by atoms with Crippen molar-refractivity contribution in [3.8, 4) is 5.75 Å². The molecule has 2 aliphatic rings. The molecule has 2 amide bonds. The number of aryl methyl sites for hydroxylation is 2. The molecule has 194 valence electrons. The van der Waals surface area contributed by atoms with Gasteiger partial charge in [-0.1, -0.05) is 6.07 Å². The fraction of sp³-hybridized carbons (Fsp3) is 0.393. The van der Waals surface area contributed by atoms with E-state index < -0.39 is 28.7 Å². The van der Waals surface area contributed by atoms with E-state index in [9.17, 15) is 23.2 Å². The van der Waals surface area contributed by atoms with Crippen LogP contribution in [0.3, 0.4) is 0 Å². The maximum atomic E-state index is 14.4. The molecular formula is C28H28F2N2O5. The maximum absolute atomic E-state index is 14.4. The minimum atomic E-state index is -0.852. The van der Waals surface area contributed by atoms with Crippen molar-refractivity contribution in [2.24, 2.45) is 5.41 Å². The Hall–Kier alpha value is -3.75. The second kappa shape index (κ2) is 9.61. The first-order valence-corrected chi connectivity index (χ1v) is 12.3. The van der Waals surface area contributed by atoms with Gasteiger partial charge in [-0.05, 0) is 67.9 Å². The summed E-state index contributed by atoms with van der Waals surface area (Å²) >= 11 is 0. The zero-order valence-electron chi connectivity index (χ0n) is 20.8. The Labute approximate surface area is 212 Å². The molecule has 2 aliphatic heterocycles. The smallest absolute Gasteiger partial charge is 0.336 e. The lowest BCUT2D eigenvalue weighted by Crippen LogP contribution is -2.45. The number of piperidine rings is 1. The van der Waals surface area contributed by atoms with Crippen LogP contribution in [0.1, 0.15) is 40.7 Å². The molecule has 7 nitrogen and oxygen atoms in total. The molecule has 0 unspecified atom stereocenters. The Balaban J connectivity index is 1.17. The standard InChI is InChI=1S/C28H28F2N2O5/c1-17-3-6-21(29)25(26(17)30)27(35)31-10-7-28(8-11-31)9-12-32(16-28)23(33)15-36-19-4-5-20-18(2)13-24(34)37-22(20)14-19/h3-6,13-14H,7-12,15-16H2,1-2H3. The fourth-order valence-electron chi connectivity index (χ4n) is 5.38. The number of likely N-dealkylation sites (tertiary alicyclic amines) is 2. The third-order valence-corrected chi connectivity index (χ3v) is 7.69. The summed E-state index contributed by atoms with van der Waals surface area (Å²) in [7, 11) is 0. The summed E-state index contributed by atoms with van der Waals surface area (Å²) in [6.07, 6.45) is 2.11. The van der Waals surface area contributed by atoms with E-state index in [2.05, 4.69) is 0 Å². The summed E-state index contributed by atoms with van der Waals surface area (Å²) < 4.78 is 39.6. The van der Waals surface area contributed by atoms with Gasteiger partial charge in [0.25, 0.3) is 11.8 Å². The Kier molecular flexibility index (Phi) is 6.47. The number of ether oxygens (including phenoxy) is 1. The first-order valence-electron chi connectivity index (χ1n) is 12.3. The van der Waals surface area contributed by atoms with Crippen molar-refractivity contribution in [2.75, 3.05) is 32.8 Å². The number of hydrogen-bond acceptors (Lipinski definition) is 5. The average molecular weight is 511 g/mol. The molecule has 2 fully saturated rings. The Morgan fingerprint density at radius 2 is 1.68 bits per heavy atom. The van der Waals surface area contributed by atoms with Gasteiger partial charge in [-0.3, -0.25) is 9.59 Å². The van der Waals surface area contributed by atoms with Gasteiger partial charge in [-0.15, -0.1) is 0 Å². The number of amides is 2. The molecule has 0 radical (unpaired) electrons. The second-order valence-corrected chi connectivity index (χ2v) is 10.1. The van der Waals surface area contributed by atoms with E-state index in [-0.39, 0.29) is 23.5 Å². The van der Waals surface area contributed by atoms with Crippen LogP contribution in [0.5, 0.6) is 5.75 Å². The van der Waals surface area contributed by atoms with Crippen molar-refractivity contribution in [1.82, 2.24) is 9.80 Å². The monoisotopic (exact) mass is 510 g/mol. The third-order valence-electron chi connectivity index (χ3n) is 7.69. The Morgan fingerprint density at radius 3 is 2.41 bits per heavy atom. The zero-order valence-corrected chi connectivity index (χ0v) is 20.8. The van der Waals surface area contributed by atoms with E-state index in [0.717, 1.165) is 23.4 Å². The molecule has 0 bridgehead atoms. The van der Waals surface area contributed by atoms with Crippen molar-refractivity contribution in [3.05, 3.63) is 75.1 Å². The van der Waals surface area contributed by atoms with Crippen LogP contribution >= 0.6 is 0 Å². The van der Waals surface area contributed by atoms with Gasteiger partial charge in [-0.2, -0.15) is 0 Å². The van der Waals surface area contributed by atoms with Gasteiger partial charge in [0.05, 0.1) is 0 Å². The summed E-state index contributed by atoms with van der Waals surface area (Å²) in [6, 6.07) is 9.00. The molecule has 3 aromatic rings. The number of carbonyl (C=O) groups is 2. The van der Waals surface area contributed by atoms with E-state index in [0.29, 0.717) is 50.4 Å². The van der Waals surface area contributed by atoms with Gasteiger partial charge in [0.1, 0.15) is 28.5 Å². The number of fused-ring (bicyclic) bond motifs is 1. The van der Waals surface area contributed by atoms with Gasteiger partial charge in [0.15, 0.2) is 6.61 Å². The van der Waals surface area contributed by atoms with E-state index >= 15 is 0 Å². The van der Waals surface area contributed by atoms with Crippen LogP contribution in [0.2, 0.25) is 0 Å². The lowest BCUT2D eigenvalue weighted by Gasteiger charge is -2.39. The molecule has 0 N–H and O–H groups in total. The van der Waals surface area contributed by atoms with Crippen LogP contribution < -0.4 is 10.4 Å². The first kappa shape index (κ1) is 24.9. The molecule has 1 spiro atoms. The SMILES string of the molecule is Cc1ccc(F)c(C(=O)N2CCC3(CCN(C(=O)COc4ccc5c(C)cc(=O)oc5c4)C3)CC2)c1F. The minimum Gasteiger partial charge on any atom is -0.484 e. The van der Waals surface area contributed by atoms with Crippen molar-refractivity contribution in [2.45, 2.75) is 33.1 Å². The molecular weight excluding hydrogens is 482 g/mol. The zero-order chi connectivity index (χ0) is 26.3. The molecule has 0 saturated carbocycles. The fourth-order valence-corrected chi connectivity index (χ4v) is 5.38. The van der Waals surface area contributed by atoms with Crippen molar-refractivity contribution in [1.29, 1.82) is 0 Å². The van der Waals surface area contributed by atoms with Crippen LogP contribution in [0.4, 0.5) is 8.78 Å². The van der Waals surface area contributed by atoms with Crippen LogP contribution in [0.25, 0.3) is 11.0 Å². The summed E-state index contributed by atoms with van der Waals surface area (Å²) in [5, 5.41) is 0.803. The molecule has 9 heteroatoms. The summed E-state index contributed by atoms with van der Waals surface area (Å²) in [4.78, 5) is 40.6. The molecule has 1 aromatic heterocycles. The Bertz CT molecular complexity index is 1440. The number of hydrogen-bond donors (Lipinski definition) is 0. The van der Waals surface area contributed by atoms with Crippen molar-refractivity contribution in [3.63, 3.8) is 0 Å². The van der Waals surface area contributed by atoms with Gasteiger partial charge in [0, 0.05) is 43.7 Å². The molecule has 5 rings (SSSR count). The van der Waals surface area contributed by atoms with E-state index in [1.165, 1.54) is 24.0 Å². The van der Waals surface area contributed by atoms with Gasteiger partial charge >= 0.3 is 5.63 Å². The predicted molar refractivity (Wildman–Crippen MR) is 133 cm³/mol. The van der Waals surface area contributed by atoms with Crippen LogP contribution in [0, 0.1) is 30.9 Å². The van der Waals surface area contributed by atoms with E-state index in [1.807, 2.05) is 6.92 Å². The molecule has 0 aliphatic carbocycles. The molecule has 2 saturated heterocycles. The largest absolute Gasteiger partial charge is 0.484 e. The number of halogens is 2. The van der Waals surface area contributed by atoms with Crippen LogP contribution in [-0.4, -0.2) is 54.4 Å². The highest BCUT2D eigenvalue weighted by atomic mass is 19.1. The maximum Gasteiger partial charge on any atom is 0.336 e. The Morgan fingerprint density at radius 1 is 0.973 bits per heavy atom. The van der Waals surface area contributed by atoms with Gasteiger partial charge in [0.2, 0.25) is 0 Å². The molecule has 37 heavy (non-hydrogen) atoms.